The molecule has 1 heterocycles. The van der Waals surface area contributed by atoms with Gasteiger partial charge in [-0.2, -0.15) is 4.31 Å². The zero-order valence-corrected chi connectivity index (χ0v) is 12.6. The maximum absolute atomic E-state index is 12.7. The van der Waals surface area contributed by atoms with Crippen LogP contribution >= 0.6 is 0 Å². The van der Waals surface area contributed by atoms with Crippen molar-refractivity contribution in [3.63, 3.8) is 0 Å². The number of benzene rings is 1. The summed E-state index contributed by atoms with van der Waals surface area (Å²) in [5.41, 5.74) is 6.96. The van der Waals surface area contributed by atoms with E-state index in [9.17, 15) is 8.42 Å². The highest BCUT2D eigenvalue weighted by Crippen LogP contribution is 2.28. The van der Waals surface area contributed by atoms with Crippen molar-refractivity contribution in [1.82, 2.24) is 4.31 Å². The molecule has 1 aromatic carbocycles. The minimum absolute atomic E-state index is 0.341. The summed E-state index contributed by atoms with van der Waals surface area (Å²) in [5.74, 6) is 0.805. The minimum atomic E-state index is -3.43. The van der Waals surface area contributed by atoms with E-state index in [0.29, 0.717) is 35.5 Å². The molecule has 0 aromatic heterocycles. The Labute approximate surface area is 115 Å². The zero-order chi connectivity index (χ0) is 14.2. The van der Waals surface area contributed by atoms with E-state index in [4.69, 9.17) is 5.73 Å². The molecule has 2 N–H and O–H groups in total. The fourth-order valence-corrected chi connectivity index (χ4v) is 4.78. The van der Waals surface area contributed by atoms with Gasteiger partial charge in [-0.1, -0.05) is 19.9 Å². The topological polar surface area (TPSA) is 63.4 Å². The second kappa shape index (κ2) is 5.13. The maximum atomic E-state index is 12.7. The first kappa shape index (κ1) is 14.3. The zero-order valence-electron chi connectivity index (χ0n) is 11.8. The first-order valence-electron chi connectivity index (χ1n) is 6.67. The highest BCUT2D eigenvalue weighted by Gasteiger charge is 2.32. The number of nitrogen functional groups attached to an aromatic ring is 1. The van der Waals surface area contributed by atoms with Crippen LogP contribution in [0.2, 0.25) is 0 Å². The molecule has 0 spiro atoms. The van der Waals surface area contributed by atoms with E-state index in [1.807, 2.05) is 6.92 Å². The second-order valence-electron chi connectivity index (χ2n) is 5.79. The van der Waals surface area contributed by atoms with E-state index in [2.05, 4.69) is 13.8 Å². The first-order chi connectivity index (χ1) is 8.80. The molecule has 0 radical (unpaired) electrons. The molecule has 1 fully saturated rings. The smallest absolute Gasteiger partial charge is 0.243 e. The van der Waals surface area contributed by atoms with Gasteiger partial charge >= 0.3 is 0 Å². The summed E-state index contributed by atoms with van der Waals surface area (Å²) in [6, 6.07) is 5.06. The average molecular weight is 282 g/mol. The molecule has 4 nitrogen and oxygen atoms in total. The lowest BCUT2D eigenvalue weighted by Crippen LogP contribution is -2.42. The molecule has 0 bridgehead atoms. The van der Waals surface area contributed by atoms with Gasteiger partial charge in [0.05, 0.1) is 4.90 Å². The summed E-state index contributed by atoms with van der Waals surface area (Å²) >= 11 is 0. The normalized spacial score (nSPS) is 25.4. The van der Waals surface area contributed by atoms with Crippen LogP contribution in [0.1, 0.15) is 25.8 Å². The number of piperidine rings is 1. The molecule has 5 heteroatoms. The van der Waals surface area contributed by atoms with E-state index < -0.39 is 10.0 Å². The number of hydrogen-bond donors (Lipinski definition) is 1. The molecule has 0 amide bonds. The van der Waals surface area contributed by atoms with Crippen molar-refractivity contribution in [2.24, 2.45) is 11.8 Å². The number of nitrogens with two attached hydrogens (primary N) is 1. The minimum Gasteiger partial charge on any atom is -0.399 e. The molecule has 19 heavy (non-hydrogen) atoms. The summed E-state index contributed by atoms with van der Waals surface area (Å²) < 4.78 is 27.0. The van der Waals surface area contributed by atoms with Crippen molar-refractivity contribution in [3.8, 4) is 0 Å². The van der Waals surface area contributed by atoms with Gasteiger partial charge in [0.25, 0.3) is 0 Å². The summed E-state index contributed by atoms with van der Waals surface area (Å²) in [5, 5.41) is 0. The van der Waals surface area contributed by atoms with Crippen molar-refractivity contribution < 1.29 is 8.42 Å². The molecule has 1 saturated heterocycles. The van der Waals surface area contributed by atoms with Crippen LogP contribution in [0.4, 0.5) is 5.69 Å². The monoisotopic (exact) mass is 282 g/mol. The number of hydrogen-bond acceptors (Lipinski definition) is 3. The van der Waals surface area contributed by atoms with Gasteiger partial charge in [-0.25, -0.2) is 8.42 Å². The molecule has 106 valence electrons. The Morgan fingerprint density at radius 1 is 1.21 bits per heavy atom. The Kier molecular flexibility index (Phi) is 3.87. The fraction of sp³-hybridized carbons (Fsp3) is 0.571. The third-order valence-electron chi connectivity index (χ3n) is 3.67. The van der Waals surface area contributed by atoms with Crippen molar-refractivity contribution in [1.29, 1.82) is 0 Å². The standard InChI is InChI=1S/C14H22N2O2S/c1-10-6-11(2)9-16(8-10)19(17,18)14-7-13(15)5-4-12(14)3/h4-5,7,10-11H,6,8-9,15H2,1-3H3. The second-order valence-corrected chi connectivity index (χ2v) is 7.70. The highest BCUT2D eigenvalue weighted by atomic mass is 32.2. The van der Waals surface area contributed by atoms with Gasteiger partial charge in [0.15, 0.2) is 0 Å². The molecule has 1 aliphatic rings. The third kappa shape index (κ3) is 2.92. The number of rotatable bonds is 2. The lowest BCUT2D eigenvalue weighted by molar-refractivity contribution is 0.222. The Hall–Kier alpha value is -1.07. The van der Waals surface area contributed by atoms with Gasteiger partial charge in [-0.3, -0.25) is 0 Å². The molecule has 2 rings (SSSR count). The predicted octanol–water partition coefficient (Wildman–Crippen LogP) is 2.24. The SMILES string of the molecule is Cc1ccc(N)cc1S(=O)(=O)N1CC(C)CC(C)C1. The lowest BCUT2D eigenvalue weighted by Gasteiger charge is -2.34. The van der Waals surface area contributed by atoms with Crippen molar-refractivity contribution in [2.45, 2.75) is 32.1 Å². The fourth-order valence-electron chi connectivity index (χ4n) is 2.84. The van der Waals surface area contributed by atoms with E-state index >= 15 is 0 Å². The molecule has 0 aliphatic carbocycles. The highest BCUT2D eigenvalue weighted by molar-refractivity contribution is 7.89. The van der Waals surface area contributed by atoms with E-state index in [-0.39, 0.29) is 0 Å². The number of nitrogens with zero attached hydrogens (tertiary/aromatic N) is 1. The van der Waals surface area contributed by atoms with E-state index in [1.165, 1.54) is 0 Å². The van der Waals surface area contributed by atoms with Crippen LogP contribution in [-0.2, 0) is 10.0 Å². The van der Waals surface area contributed by atoms with Crippen LogP contribution in [0, 0.1) is 18.8 Å². The predicted molar refractivity (Wildman–Crippen MR) is 77.3 cm³/mol. The summed E-state index contributed by atoms with van der Waals surface area (Å²) in [7, 11) is -3.43. The average Bonchev–Trinajstić information content (AvgIpc) is 2.31. The van der Waals surface area contributed by atoms with Gasteiger partial charge in [0.1, 0.15) is 0 Å². The quantitative estimate of drug-likeness (QED) is 0.846. The van der Waals surface area contributed by atoms with Gasteiger partial charge < -0.3 is 5.73 Å². The molecule has 0 saturated carbocycles. The summed E-state index contributed by atoms with van der Waals surface area (Å²) in [4.78, 5) is 0.341. The van der Waals surface area contributed by atoms with Gasteiger partial charge in [0.2, 0.25) is 10.0 Å². The summed E-state index contributed by atoms with van der Waals surface area (Å²) in [6.45, 7) is 7.21. The molecular formula is C14H22N2O2S. The van der Waals surface area contributed by atoms with Crippen LogP contribution in [0.25, 0.3) is 0 Å². The lowest BCUT2D eigenvalue weighted by atomic mass is 9.94. The van der Waals surface area contributed by atoms with Crippen LogP contribution in [0.3, 0.4) is 0 Å². The largest absolute Gasteiger partial charge is 0.399 e. The van der Waals surface area contributed by atoms with E-state index in [1.54, 1.807) is 22.5 Å². The van der Waals surface area contributed by atoms with E-state index in [0.717, 1.165) is 12.0 Å². The van der Waals surface area contributed by atoms with Crippen LogP contribution in [0.15, 0.2) is 23.1 Å². The Morgan fingerprint density at radius 3 is 2.37 bits per heavy atom. The Bertz CT molecular complexity index is 559. The van der Waals surface area contributed by atoms with Crippen molar-refractivity contribution >= 4 is 15.7 Å². The van der Waals surface area contributed by atoms with Crippen LogP contribution in [-0.4, -0.2) is 25.8 Å². The van der Waals surface area contributed by atoms with Crippen molar-refractivity contribution in [2.75, 3.05) is 18.8 Å². The maximum Gasteiger partial charge on any atom is 0.243 e. The molecule has 1 aliphatic heterocycles. The molecule has 2 atom stereocenters. The molecular weight excluding hydrogens is 260 g/mol. The number of anilines is 1. The first-order valence-corrected chi connectivity index (χ1v) is 8.11. The van der Waals surface area contributed by atoms with Gasteiger partial charge in [-0.15, -0.1) is 0 Å². The molecule has 1 aromatic rings. The van der Waals surface area contributed by atoms with Crippen molar-refractivity contribution in [3.05, 3.63) is 23.8 Å². The molecule has 2 unspecified atom stereocenters. The third-order valence-corrected chi connectivity index (χ3v) is 5.64. The number of sulfonamides is 1. The summed E-state index contributed by atoms with van der Waals surface area (Å²) in [6.07, 6.45) is 1.09. The van der Waals surface area contributed by atoms with Crippen LogP contribution in [0.5, 0.6) is 0 Å². The van der Waals surface area contributed by atoms with Crippen LogP contribution < -0.4 is 5.73 Å². The number of aryl methyl sites for hydroxylation is 1. The van der Waals surface area contributed by atoms with Gasteiger partial charge in [-0.05, 0) is 42.9 Å². The Balaban J connectivity index is 2.39. The Morgan fingerprint density at radius 2 is 1.79 bits per heavy atom. The van der Waals surface area contributed by atoms with Gasteiger partial charge in [0, 0.05) is 18.8 Å².